The molecular formula is C30H29N5O4S. The Balaban J connectivity index is 1.61. The summed E-state index contributed by atoms with van der Waals surface area (Å²) in [5, 5.41) is 16.7. The van der Waals surface area contributed by atoms with Gasteiger partial charge in [-0.3, -0.25) is 9.78 Å². The van der Waals surface area contributed by atoms with Crippen molar-refractivity contribution in [1.82, 2.24) is 14.9 Å². The number of carbonyl (C=O) groups excluding carboxylic acids is 1. The highest BCUT2D eigenvalue weighted by molar-refractivity contribution is 7.80. The average molecular weight is 556 g/mol. The molecular weight excluding hydrogens is 526 g/mol. The SMILES string of the molecule is COCC(=O)Nc1ccc(N2C(=S)N[C@H](c3ccccn3)[C@@H]2c2cc(C)n(-c3ccccc3C(=O)O)c2C)cc1. The number of carbonyl (C=O) groups is 2. The maximum absolute atomic E-state index is 12.0. The summed E-state index contributed by atoms with van der Waals surface area (Å²) >= 11 is 5.86. The largest absolute Gasteiger partial charge is 0.478 e. The van der Waals surface area contributed by atoms with Gasteiger partial charge in [0.15, 0.2) is 5.11 Å². The topological polar surface area (TPSA) is 109 Å². The van der Waals surface area contributed by atoms with Gasteiger partial charge in [-0.1, -0.05) is 18.2 Å². The van der Waals surface area contributed by atoms with Crippen LogP contribution in [0.15, 0.2) is 79.0 Å². The number of aryl methyl sites for hydroxylation is 1. The zero-order valence-corrected chi connectivity index (χ0v) is 23.1. The van der Waals surface area contributed by atoms with Crippen LogP contribution in [0.4, 0.5) is 11.4 Å². The van der Waals surface area contributed by atoms with Crippen LogP contribution in [0.25, 0.3) is 5.69 Å². The zero-order chi connectivity index (χ0) is 28.4. The third-order valence-electron chi connectivity index (χ3n) is 6.97. The molecule has 2 atom stereocenters. The average Bonchev–Trinajstić information content (AvgIpc) is 3.44. The summed E-state index contributed by atoms with van der Waals surface area (Å²) in [7, 11) is 1.47. The lowest BCUT2D eigenvalue weighted by Crippen LogP contribution is -2.29. The Hall–Kier alpha value is -4.54. The molecule has 1 amide bonds. The molecule has 204 valence electrons. The molecule has 1 saturated heterocycles. The number of benzene rings is 2. The van der Waals surface area contributed by atoms with Gasteiger partial charge in [0.05, 0.1) is 29.0 Å². The molecule has 1 aliphatic rings. The van der Waals surface area contributed by atoms with Crippen molar-refractivity contribution >= 4 is 40.6 Å². The summed E-state index contributed by atoms with van der Waals surface area (Å²) in [5.41, 5.74) is 5.91. The van der Waals surface area contributed by atoms with Crippen LogP contribution < -0.4 is 15.5 Å². The minimum absolute atomic E-state index is 0.0314. The third kappa shape index (κ3) is 5.06. The van der Waals surface area contributed by atoms with Gasteiger partial charge < -0.3 is 29.9 Å². The van der Waals surface area contributed by atoms with Crippen molar-refractivity contribution in [2.45, 2.75) is 25.9 Å². The predicted molar refractivity (Wildman–Crippen MR) is 157 cm³/mol. The van der Waals surface area contributed by atoms with Crippen LogP contribution in [-0.2, 0) is 9.53 Å². The smallest absolute Gasteiger partial charge is 0.337 e. The number of nitrogens with one attached hydrogen (secondary N) is 2. The second-order valence-corrected chi connectivity index (χ2v) is 9.90. The Morgan fingerprint density at radius 3 is 2.48 bits per heavy atom. The van der Waals surface area contributed by atoms with Crippen LogP contribution in [-0.4, -0.2) is 45.4 Å². The Morgan fingerprint density at radius 1 is 1.07 bits per heavy atom. The Kier molecular flexibility index (Phi) is 7.63. The van der Waals surface area contributed by atoms with Crippen LogP contribution in [0.5, 0.6) is 0 Å². The Labute approximate surface area is 237 Å². The molecule has 0 radical (unpaired) electrons. The lowest BCUT2D eigenvalue weighted by molar-refractivity contribution is -0.119. The van der Waals surface area contributed by atoms with Crippen molar-refractivity contribution < 1.29 is 19.4 Å². The maximum Gasteiger partial charge on any atom is 0.337 e. The number of anilines is 2. The van der Waals surface area contributed by atoms with Gasteiger partial charge in [0, 0.05) is 36.1 Å². The minimum Gasteiger partial charge on any atom is -0.478 e. The first kappa shape index (κ1) is 27.0. The minimum atomic E-state index is -0.987. The van der Waals surface area contributed by atoms with Crippen molar-refractivity contribution in [2.24, 2.45) is 0 Å². The lowest BCUT2D eigenvalue weighted by atomic mass is 9.96. The van der Waals surface area contributed by atoms with Crippen molar-refractivity contribution in [3.63, 3.8) is 0 Å². The van der Waals surface area contributed by atoms with Crippen LogP contribution in [0.2, 0.25) is 0 Å². The van der Waals surface area contributed by atoms with E-state index < -0.39 is 5.97 Å². The first-order valence-electron chi connectivity index (χ1n) is 12.7. The molecule has 40 heavy (non-hydrogen) atoms. The standard InChI is InChI=1S/C30H29N5O4S/c1-18-16-23(19(2)34(18)25-10-5-4-8-22(25)29(37)38)28-27(24-9-6-7-15-31-24)33-30(40)35(28)21-13-11-20(12-14-21)32-26(36)17-39-3/h4-16,27-28H,17H2,1-3H3,(H,32,36)(H,33,40)(H,37,38)/t27-,28+/m1/s1. The fourth-order valence-corrected chi connectivity index (χ4v) is 5.64. The monoisotopic (exact) mass is 555 g/mol. The van der Waals surface area contributed by atoms with Crippen molar-refractivity contribution in [3.8, 4) is 5.69 Å². The van der Waals surface area contributed by atoms with Crippen LogP contribution in [0.1, 0.15) is 45.1 Å². The van der Waals surface area contributed by atoms with E-state index in [-0.39, 0.29) is 30.2 Å². The molecule has 2 aromatic heterocycles. The van der Waals surface area contributed by atoms with E-state index >= 15 is 0 Å². The van der Waals surface area contributed by atoms with E-state index in [4.69, 9.17) is 17.0 Å². The fourth-order valence-electron chi connectivity index (χ4n) is 5.29. The van der Waals surface area contributed by atoms with Gasteiger partial charge in [-0.05, 0) is 86.2 Å². The second kappa shape index (κ2) is 11.3. The van der Waals surface area contributed by atoms with Gasteiger partial charge >= 0.3 is 5.97 Å². The highest BCUT2D eigenvalue weighted by Crippen LogP contribution is 2.44. The Bertz CT molecular complexity index is 1570. The van der Waals surface area contributed by atoms with Crippen LogP contribution >= 0.6 is 12.2 Å². The zero-order valence-electron chi connectivity index (χ0n) is 22.3. The molecule has 10 heteroatoms. The number of nitrogens with zero attached hydrogens (tertiary/aromatic N) is 3. The van der Waals surface area contributed by atoms with E-state index in [0.29, 0.717) is 16.5 Å². The third-order valence-corrected chi connectivity index (χ3v) is 7.28. The van der Waals surface area contributed by atoms with Gasteiger partial charge in [0.2, 0.25) is 5.91 Å². The summed E-state index contributed by atoms with van der Waals surface area (Å²) in [4.78, 5) is 30.7. The number of thiocarbonyl (C=S) groups is 1. The number of para-hydroxylation sites is 1. The number of ether oxygens (including phenoxy) is 1. The van der Waals surface area contributed by atoms with E-state index in [2.05, 4.69) is 21.7 Å². The summed E-state index contributed by atoms with van der Waals surface area (Å²) in [6, 6.07) is 21.7. The summed E-state index contributed by atoms with van der Waals surface area (Å²) in [6.45, 7) is 3.92. The molecule has 3 heterocycles. The lowest BCUT2D eigenvalue weighted by Gasteiger charge is -2.28. The van der Waals surface area contributed by atoms with Gasteiger partial charge in [-0.15, -0.1) is 0 Å². The molecule has 0 bridgehead atoms. The number of aromatic carboxylic acids is 1. The number of methoxy groups -OCH3 is 1. The molecule has 4 aromatic rings. The van der Waals surface area contributed by atoms with Crippen molar-refractivity contribution in [1.29, 1.82) is 0 Å². The number of carboxylic acid groups (broad SMARTS) is 1. The second-order valence-electron chi connectivity index (χ2n) is 9.51. The highest BCUT2D eigenvalue weighted by Gasteiger charge is 2.42. The number of rotatable bonds is 8. The molecule has 2 aromatic carbocycles. The van der Waals surface area contributed by atoms with E-state index in [1.165, 1.54) is 7.11 Å². The molecule has 1 aliphatic heterocycles. The quantitative estimate of drug-likeness (QED) is 0.262. The number of amides is 1. The molecule has 0 spiro atoms. The number of aromatic nitrogens is 2. The Morgan fingerprint density at radius 2 is 1.80 bits per heavy atom. The highest BCUT2D eigenvalue weighted by atomic mass is 32.1. The fraction of sp³-hybridized carbons (Fsp3) is 0.200. The molecule has 1 fully saturated rings. The number of hydrogen-bond donors (Lipinski definition) is 3. The molecule has 5 rings (SSSR count). The maximum atomic E-state index is 12.0. The van der Waals surface area contributed by atoms with E-state index in [0.717, 1.165) is 28.3 Å². The number of pyridine rings is 1. The van der Waals surface area contributed by atoms with Gasteiger partial charge in [-0.25, -0.2) is 4.79 Å². The van der Waals surface area contributed by atoms with E-state index in [9.17, 15) is 14.7 Å². The molecule has 0 unspecified atom stereocenters. The number of hydrogen-bond acceptors (Lipinski definition) is 5. The normalized spacial score (nSPS) is 16.6. The number of carboxylic acids is 1. The van der Waals surface area contributed by atoms with Gasteiger partial charge in [0.25, 0.3) is 0 Å². The summed E-state index contributed by atoms with van der Waals surface area (Å²) < 4.78 is 6.88. The van der Waals surface area contributed by atoms with Crippen LogP contribution in [0, 0.1) is 13.8 Å². The first-order valence-corrected chi connectivity index (χ1v) is 13.1. The van der Waals surface area contributed by atoms with Gasteiger partial charge in [0.1, 0.15) is 6.61 Å². The van der Waals surface area contributed by atoms with E-state index in [1.54, 1.807) is 18.3 Å². The first-order chi connectivity index (χ1) is 19.3. The molecule has 0 saturated carbocycles. The predicted octanol–water partition coefficient (Wildman–Crippen LogP) is 4.95. The summed E-state index contributed by atoms with van der Waals surface area (Å²) in [5.74, 6) is -1.23. The molecule has 9 nitrogen and oxygen atoms in total. The van der Waals surface area contributed by atoms with Crippen molar-refractivity contribution in [3.05, 3.63) is 107 Å². The van der Waals surface area contributed by atoms with Crippen LogP contribution in [0.3, 0.4) is 0 Å². The molecule has 3 N–H and O–H groups in total. The van der Waals surface area contributed by atoms with Gasteiger partial charge in [-0.2, -0.15) is 0 Å². The van der Waals surface area contributed by atoms with Crippen molar-refractivity contribution in [2.75, 3.05) is 23.9 Å². The molecule has 0 aliphatic carbocycles. The summed E-state index contributed by atoms with van der Waals surface area (Å²) in [6.07, 6.45) is 1.75. The van der Waals surface area contributed by atoms with E-state index in [1.807, 2.05) is 77.9 Å².